The number of rotatable bonds is 1. The molecule has 0 aliphatic carbocycles. The van der Waals surface area contributed by atoms with Crippen LogP contribution in [0.5, 0.6) is 0 Å². The van der Waals surface area contributed by atoms with Crippen molar-refractivity contribution in [2.75, 3.05) is 0 Å². The standard InChI is InChI=1S/C3H5Cl2NS2/c1-3(5,7)2(4)6-8/h7-8H,1H3/b6-2+. The summed E-state index contributed by atoms with van der Waals surface area (Å²) in [6, 6.07) is 0. The van der Waals surface area contributed by atoms with Crippen molar-refractivity contribution < 1.29 is 0 Å². The molecular formula is C3H5Cl2NS2. The molecule has 0 fully saturated rings. The lowest BCUT2D eigenvalue weighted by Gasteiger charge is -2.09. The zero-order valence-corrected chi connectivity index (χ0v) is 7.40. The molecule has 0 spiro atoms. The van der Waals surface area contributed by atoms with Gasteiger partial charge in [0.1, 0.15) is 9.38 Å². The Labute approximate surface area is 69.4 Å². The van der Waals surface area contributed by atoms with Gasteiger partial charge in [-0.25, -0.2) is 4.40 Å². The van der Waals surface area contributed by atoms with Crippen molar-refractivity contribution in [3.8, 4) is 0 Å². The summed E-state index contributed by atoms with van der Waals surface area (Å²) in [5.74, 6) is 0. The lowest BCUT2D eigenvalue weighted by molar-refractivity contribution is 1.24. The highest BCUT2D eigenvalue weighted by atomic mass is 35.5. The maximum Gasteiger partial charge on any atom is 0.144 e. The first-order valence-electron chi connectivity index (χ1n) is 1.78. The smallest absolute Gasteiger partial charge is 0.144 e. The van der Waals surface area contributed by atoms with Gasteiger partial charge in [0, 0.05) is 0 Å². The number of nitrogens with zero attached hydrogens (tertiary/aromatic N) is 1. The Morgan fingerprint density at radius 3 is 2.12 bits per heavy atom. The Morgan fingerprint density at radius 2 is 2.12 bits per heavy atom. The lowest BCUT2D eigenvalue weighted by Crippen LogP contribution is -2.14. The third-order valence-electron chi connectivity index (χ3n) is 0.464. The highest BCUT2D eigenvalue weighted by molar-refractivity contribution is 7.85. The molecule has 0 aliphatic rings. The van der Waals surface area contributed by atoms with Crippen molar-refractivity contribution in [3.63, 3.8) is 0 Å². The molecule has 0 aromatic carbocycles. The second-order valence-corrected chi connectivity index (χ2v) is 3.82. The third-order valence-corrected chi connectivity index (χ3v) is 1.86. The minimum atomic E-state index is -0.886. The Balaban J connectivity index is 4.03. The van der Waals surface area contributed by atoms with Crippen LogP contribution < -0.4 is 0 Å². The van der Waals surface area contributed by atoms with E-state index in [4.69, 9.17) is 23.2 Å². The Morgan fingerprint density at radius 1 is 1.75 bits per heavy atom. The summed E-state index contributed by atoms with van der Waals surface area (Å²) in [5, 5.41) is 0.172. The monoisotopic (exact) mass is 189 g/mol. The first-order chi connectivity index (χ1) is 3.48. The summed E-state index contributed by atoms with van der Waals surface area (Å²) < 4.78 is 2.44. The van der Waals surface area contributed by atoms with Crippen LogP contribution in [0.2, 0.25) is 0 Å². The van der Waals surface area contributed by atoms with E-state index in [0.29, 0.717) is 0 Å². The summed E-state index contributed by atoms with van der Waals surface area (Å²) >= 11 is 18.4. The van der Waals surface area contributed by atoms with E-state index in [2.05, 4.69) is 29.8 Å². The highest BCUT2D eigenvalue weighted by Gasteiger charge is 2.20. The van der Waals surface area contributed by atoms with Gasteiger partial charge >= 0.3 is 0 Å². The molecule has 1 nitrogen and oxygen atoms in total. The largest absolute Gasteiger partial charge is 0.209 e. The third kappa shape index (κ3) is 3.07. The first-order valence-corrected chi connectivity index (χ1v) is 3.38. The van der Waals surface area contributed by atoms with Crippen LogP contribution in [0.4, 0.5) is 0 Å². The van der Waals surface area contributed by atoms with Crippen LogP contribution in [-0.4, -0.2) is 9.38 Å². The van der Waals surface area contributed by atoms with Gasteiger partial charge in [-0.1, -0.05) is 23.2 Å². The van der Waals surface area contributed by atoms with Gasteiger partial charge in [0.2, 0.25) is 0 Å². The molecule has 0 amide bonds. The molecule has 0 aromatic rings. The molecule has 48 valence electrons. The fourth-order valence-corrected chi connectivity index (χ4v) is 0.521. The van der Waals surface area contributed by atoms with E-state index in [0.717, 1.165) is 0 Å². The fourth-order valence-electron chi connectivity index (χ4n) is 0.0913. The van der Waals surface area contributed by atoms with Gasteiger partial charge in [-0.15, -0.1) is 12.6 Å². The topological polar surface area (TPSA) is 12.4 Å². The van der Waals surface area contributed by atoms with Crippen molar-refractivity contribution >= 4 is 53.8 Å². The van der Waals surface area contributed by atoms with Gasteiger partial charge in [-0.2, -0.15) is 0 Å². The molecule has 0 saturated heterocycles. The van der Waals surface area contributed by atoms with Crippen LogP contribution in [0.1, 0.15) is 6.92 Å². The molecule has 0 aromatic heterocycles. The molecule has 0 saturated carbocycles. The van der Waals surface area contributed by atoms with Gasteiger partial charge in [0.25, 0.3) is 0 Å². The fraction of sp³-hybridized carbons (Fsp3) is 0.667. The second-order valence-electron chi connectivity index (χ2n) is 1.34. The van der Waals surface area contributed by atoms with Crippen molar-refractivity contribution in [3.05, 3.63) is 0 Å². The lowest BCUT2D eigenvalue weighted by atomic mass is 10.5. The van der Waals surface area contributed by atoms with Crippen LogP contribution >= 0.6 is 48.6 Å². The average Bonchev–Trinajstić information content (AvgIpc) is 1.62. The molecule has 0 heterocycles. The zero-order chi connectivity index (χ0) is 6.78. The molecule has 1 atom stereocenters. The van der Waals surface area contributed by atoms with Crippen LogP contribution in [0, 0.1) is 0 Å². The van der Waals surface area contributed by atoms with Crippen LogP contribution in [0.3, 0.4) is 0 Å². The summed E-state index contributed by atoms with van der Waals surface area (Å²) in [6.07, 6.45) is 0. The Hall–Kier alpha value is 0.950. The quantitative estimate of drug-likeness (QED) is 0.358. The van der Waals surface area contributed by atoms with E-state index in [1.54, 1.807) is 6.92 Å². The van der Waals surface area contributed by atoms with E-state index >= 15 is 0 Å². The number of alkyl halides is 1. The summed E-state index contributed by atoms with van der Waals surface area (Å²) in [7, 11) is 0. The van der Waals surface area contributed by atoms with E-state index in [1.807, 2.05) is 0 Å². The van der Waals surface area contributed by atoms with Crippen molar-refractivity contribution in [1.82, 2.24) is 0 Å². The molecule has 0 bridgehead atoms. The summed E-state index contributed by atoms with van der Waals surface area (Å²) in [4.78, 5) is 0. The number of halogens is 2. The van der Waals surface area contributed by atoms with Crippen LogP contribution in [-0.2, 0) is 0 Å². The van der Waals surface area contributed by atoms with Gasteiger partial charge in [-0.05, 0) is 19.7 Å². The van der Waals surface area contributed by atoms with Gasteiger partial charge in [0.05, 0.1) is 0 Å². The average molecular weight is 190 g/mol. The SMILES string of the molecule is CC(S)(Cl)/C(Cl)=N\S. The molecule has 0 aliphatic heterocycles. The number of thiol groups is 2. The molecular weight excluding hydrogens is 185 g/mol. The maximum atomic E-state index is 5.54. The molecule has 5 heteroatoms. The van der Waals surface area contributed by atoms with Crippen molar-refractivity contribution in [2.45, 2.75) is 11.1 Å². The maximum absolute atomic E-state index is 5.54. The predicted octanol–water partition coefficient (Wildman–Crippen LogP) is 2.35. The normalized spacial score (nSPS) is 20.4. The van der Waals surface area contributed by atoms with Gasteiger partial charge in [-0.3, -0.25) is 0 Å². The minimum Gasteiger partial charge on any atom is -0.209 e. The second kappa shape index (κ2) is 3.20. The number of hydrogen-bond donors (Lipinski definition) is 2. The van der Waals surface area contributed by atoms with Crippen molar-refractivity contribution in [1.29, 1.82) is 0 Å². The Bertz CT molecular complexity index is 106. The summed E-state index contributed by atoms with van der Waals surface area (Å²) in [6.45, 7) is 1.61. The van der Waals surface area contributed by atoms with E-state index < -0.39 is 4.21 Å². The zero-order valence-electron chi connectivity index (χ0n) is 4.10. The molecule has 8 heavy (non-hydrogen) atoms. The first kappa shape index (κ1) is 8.95. The highest BCUT2D eigenvalue weighted by Crippen LogP contribution is 2.23. The summed E-state index contributed by atoms with van der Waals surface area (Å²) in [5.41, 5.74) is 0. The molecule has 1 unspecified atom stereocenters. The minimum absolute atomic E-state index is 0.172. The molecule has 0 radical (unpaired) electrons. The van der Waals surface area contributed by atoms with Crippen LogP contribution in [0.15, 0.2) is 4.40 Å². The molecule has 0 N–H and O–H groups in total. The van der Waals surface area contributed by atoms with Crippen LogP contribution in [0.25, 0.3) is 0 Å². The molecule has 0 rings (SSSR count). The number of hydrogen-bond acceptors (Lipinski definition) is 3. The Kier molecular flexibility index (Phi) is 3.58. The van der Waals surface area contributed by atoms with Gasteiger partial charge < -0.3 is 0 Å². The van der Waals surface area contributed by atoms with E-state index in [9.17, 15) is 0 Å². The van der Waals surface area contributed by atoms with Crippen molar-refractivity contribution in [2.24, 2.45) is 4.40 Å². The predicted molar refractivity (Wildman–Crippen MR) is 45.5 cm³/mol. The van der Waals surface area contributed by atoms with E-state index in [-0.39, 0.29) is 5.17 Å². The van der Waals surface area contributed by atoms with E-state index in [1.165, 1.54) is 0 Å². The van der Waals surface area contributed by atoms with Gasteiger partial charge in [0.15, 0.2) is 0 Å².